The summed E-state index contributed by atoms with van der Waals surface area (Å²) in [5.74, 6) is -9.40. The molecule has 0 spiro atoms. The van der Waals surface area contributed by atoms with Crippen LogP contribution in [-0.4, -0.2) is 36.4 Å². The number of hydrogen-bond acceptors (Lipinski definition) is 3. The predicted molar refractivity (Wildman–Crippen MR) is 65.4 cm³/mol. The number of rotatable bonds is 3. The summed E-state index contributed by atoms with van der Waals surface area (Å²) in [6, 6.07) is -1.65. The summed E-state index contributed by atoms with van der Waals surface area (Å²) in [6.45, 7) is -0.309. The van der Waals surface area contributed by atoms with Crippen molar-refractivity contribution in [2.75, 3.05) is 6.54 Å². The number of aliphatic carboxylic acids is 1. The Bertz CT molecular complexity index is 696. The third-order valence-corrected chi connectivity index (χ3v) is 5.31. The highest BCUT2D eigenvalue weighted by molar-refractivity contribution is 7.89. The third-order valence-electron chi connectivity index (χ3n) is 3.38. The van der Waals surface area contributed by atoms with Crippen LogP contribution >= 0.6 is 0 Å². The Balaban J connectivity index is 2.62. The first-order valence-corrected chi connectivity index (χ1v) is 7.69. The topological polar surface area (TPSA) is 74.7 Å². The molecule has 1 aromatic carbocycles. The molecule has 0 saturated carbocycles. The maximum absolute atomic E-state index is 13.7. The second kappa shape index (κ2) is 5.84. The molecule has 0 radical (unpaired) electrons. The van der Waals surface area contributed by atoms with Crippen LogP contribution in [0, 0.1) is 23.3 Å². The fraction of sp³-hybridized carbons (Fsp3) is 0.417. The summed E-state index contributed by atoms with van der Waals surface area (Å²) in [6.07, 6.45) is 0.616. The van der Waals surface area contributed by atoms with Crippen molar-refractivity contribution in [2.45, 2.75) is 30.2 Å². The molecular formula is C12H11F4NO4S. The zero-order chi connectivity index (χ0) is 16.7. The van der Waals surface area contributed by atoms with Crippen LogP contribution in [0.2, 0.25) is 0 Å². The third kappa shape index (κ3) is 2.68. The van der Waals surface area contributed by atoms with Gasteiger partial charge in [-0.05, 0) is 19.3 Å². The molecule has 1 unspecified atom stereocenters. The van der Waals surface area contributed by atoms with Gasteiger partial charge in [0.25, 0.3) is 0 Å². The Hall–Kier alpha value is -1.68. The number of hydrogen-bond donors (Lipinski definition) is 1. The smallest absolute Gasteiger partial charge is 0.322 e. The van der Waals surface area contributed by atoms with E-state index in [2.05, 4.69) is 0 Å². The highest BCUT2D eigenvalue weighted by Gasteiger charge is 2.41. The van der Waals surface area contributed by atoms with Gasteiger partial charge in [-0.15, -0.1) is 0 Å². The lowest BCUT2D eigenvalue weighted by atomic mass is 10.1. The fourth-order valence-corrected chi connectivity index (χ4v) is 4.12. The zero-order valence-electron chi connectivity index (χ0n) is 11.0. The van der Waals surface area contributed by atoms with E-state index in [9.17, 15) is 30.8 Å². The van der Waals surface area contributed by atoms with E-state index in [4.69, 9.17) is 5.11 Å². The van der Waals surface area contributed by atoms with Crippen LogP contribution in [0.1, 0.15) is 19.3 Å². The van der Waals surface area contributed by atoms with E-state index in [1.165, 1.54) is 0 Å². The van der Waals surface area contributed by atoms with Crippen molar-refractivity contribution >= 4 is 16.0 Å². The van der Waals surface area contributed by atoms with Gasteiger partial charge in [-0.25, -0.2) is 26.0 Å². The molecule has 0 bridgehead atoms. The molecule has 0 aromatic heterocycles. The molecule has 1 saturated heterocycles. The quantitative estimate of drug-likeness (QED) is 0.673. The van der Waals surface area contributed by atoms with Crippen LogP contribution in [0.3, 0.4) is 0 Å². The maximum atomic E-state index is 13.7. The number of benzene rings is 1. The number of carboxylic acids is 1. The normalized spacial score (nSPS) is 20.1. The number of carboxylic acid groups (broad SMARTS) is 1. The lowest BCUT2D eigenvalue weighted by Gasteiger charge is -2.32. The molecule has 5 nitrogen and oxygen atoms in total. The molecule has 10 heteroatoms. The Morgan fingerprint density at radius 1 is 1.14 bits per heavy atom. The highest BCUT2D eigenvalue weighted by atomic mass is 32.2. The number of piperidine rings is 1. The number of sulfonamides is 1. The van der Waals surface area contributed by atoms with Crippen molar-refractivity contribution in [3.8, 4) is 0 Å². The van der Waals surface area contributed by atoms with E-state index in [0.29, 0.717) is 10.7 Å². The first-order chi connectivity index (χ1) is 10.2. The van der Waals surface area contributed by atoms with Crippen LogP contribution in [0.15, 0.2) is 11.0 Å². The largest absolute Gasteiger partial charge is 0.480 e. The van der Waals surface area contributed by atoms with Gasteiger partial charge in [0, 0.05) is 12.6 Å². The molecule has 1 fully saturated rings. The Morgan fingerprint density at radius 3 is 2.18 bits per heavy atom. The van der Waals surface area contributed by atoms with Crippen molar-refractivity contribution in [3.05, 3.63) is 29.3 Å². The minimum Gasteiger partial charge on any atom is -0.480 e. The van der Waals surface area contributed by atoms with Gasteiger partial charge < -0.3 is 5.11 Å². The van der Waals surface area contributed by atoms with Crippen LogP contribution in [0.25, 0.3) is 0 Å². The summed E-state index contributed by atoms with van der Waals surface area (Å²) >= 11 is 0. The van der Waals surface area contributed by atoms with Crippen molar-refractivity contribution in [1.82, 2.24) is 4.31 Å². The van der Waals surface area contributed by atoms with Crippen LogP contribution in [0.4, 0.5) is 17.6 Å². The predicted octanol–water partition coefficient (Wildman–Crippen LogP) is 1.87. The van der Waals surface area contributed by atoms with E-state index in [1.807, 2.05) is 0 Å². The van der Waals surface area contributed by atoms with Crippen molar-refractivity contribution < 1.29 is 35.9 Å². The molecule has 1 aromatic rings. The Kier molecular flexibility index (Phi) is 4.43. The van der Waals surface area contributed by atoms with E-state index < -0.39 is 50.2 Å². The molecule has 1 atom stereocenters. The van der Waals surface area contributed by atoms with Gasteiger partial charge in [-0.3, -0.25) is 4.79 Å². The summed E-state index contributed by atoms with van der Waals surface area (Å²) in [7, 11) is -5.04. The summed E-state index contributed by atoms with van der Waals surface area (Å²) in [4.78, 5) is 9.30. The summed E-state index contributed by atoms with van der Waals surface area (Å²) in [5.41, 5.74) is 0. The molecular weight excluding hydrogens is 330 g/mol. The summed E-state index contributed by atoms with van der Waals surface area (Å²) < 4.78 is 78.7. The fourth-order valence-electron chi connectivity index (χ4n) is 2.33. The van der Waals surface area contributed by atoms with Gasteiger partial charge in [0.2, 0.25) is 10.0 Å². The minimum absolute atomic E-state index is 0.0599. The van der Waals surface area contributed by atoms with E-state index >= 15 is 0 Å². The number of nitrogens with zero attached hydrogens (tertiary/aromatic N) is 1. The SMILES string of the molecule is O=C(O)C1CCCCN1S(=O)(=O)c1c(F)c(F)cc(F)c1F. The van der Waals surface area contributed by atoms with Crippen LogP contribution in [0.5, 0.6) is 0 Å². The van der Waals surface area contributed by atoms with Crippen molar-refractivity contribution in [1.29, 1.82) is 0 Å². The first-order valence-electron chi connectivity index (χ1n) is 6.25. The van der Waals surface area contributed by atoms with Crippen molar-refractivity contribution in [3.63, 3.8) is 0 Å². The second-order valence-corrected chi connectivity index (χ2v) is 6.59. The molecule has 1 N–H and O–H groups in total. The lowest BCUT2D eigenvalue weighted by Crippen LogP contribution is -2.48. The highest BCUT2D eigenvalue weighted by Crippen LogP contribution is 2.30. The molecule has 22 heavy (non-hydrogen) atoms. The second-order valence-electron chi connectivity index (χ2n) is 4.76. The van der Waals surface area contributed by atoms with Gasteiger partial charge in [0.1, 0.15) is 6.04 Å². The maximum Gasteiger partial charge on any atom is 0.322 e. The first kappa shape index (κ1) is 16.7. The number of halogens is 4. The average Bonchev–Trinajstić information content (AvgIpc) is 2.45. The van der Waals surface area contributed by atoms with Crippen molar-refractivity contribution in [2.24, 2.45) is 0 Å². The molecule has 122 valence electrons. The van der Waals surface area contributed by atoms with Gasteiger partial charge in [-0.1, -0.05) is 0 Å². The molecule has 1 aliphatic heterocycles. The van der Waals surface area contributed by atoms with Gasteiger partial charge in [0.05, 0.1) is 0 Å². The average molecular weight is 341 g/mol. The molecule has 2 rings (SSSR count). The molecule has 1 heterocycles. The van der Waals surface area contributed by atoms with Crippen LogP contribution in [-0.2, 0) is 14.8 Å². The monoisotopic (exact) mass is 341 g/mol. The molecule has 0 aliphatic carbocycles. The van der Waals surface area contributed by atoms with Gasteiger partial charge >= 0.3 is 5.97 Å². The minimum atomic E-state index is -5.04. The Morgan fingerprint density at radius 2 is 1.68 bits per heavy atom. The zero-order valence-corrected chi connectivity index (χ0v) is 11.8. The van der Waals surface area contributed by atoms with Gasteiger partial charge in [0.15, 0.2) is 28.2 Å². The van der Waals surface area contributed by atoms with Crippen LogP contribution < -0.4 is 0 Å². The lowest BCUT2D eigenvalue weighted by molar-refractivity contribution is -0.142. The molecule has 1 aliphatic rings. The Labute approximate surface area is 123 Å². The van der Waals surface area contributed by atoms with E-state index in [1.54, 1.807) is 0 Å². The standard InChI is InChI=1S/C12H11F4NO4S/c13-6-5-7(14)10(16)11(9(6)15)22(20,21)17-4-2-1-3-8(17)12(18)19/h5,8H,1-4H2,(H,18,19). The summed E-state index contributed by atoms with van der Waals surface area (Å²) in [5, 5.41) is 9.02. The van der Waals surface area contributed by atoms with E-state index in [0.717, 1.165) is 0 Å². The van der Waals surface area contributed by atoms with E-state index in [-0.39, 0.29) is 25.5 Å². The number of carbonyl (C=O) groups is 1. The van der Waals surface area contributed by atoms with Gasteiger partial charge in [-0.2, -0.15) is 4.31 Å². The molecule has 0 amide bonds.